The first-order valence-electron chi connectivity index (χ1n) is 20.2. The van der Waals surface area contributed by atoms with E-state index in [2.05, 4.69) is 86.9 Å². The molecule has 336 valence electrons. The van der Waals surface area contributed by atoms with E-state index in [9.17, 15) is 14.4 Å². The van der Waals surface area contributed by atoms with Crippen LogP contribution in [0, 0.1) is 11.8 Å². The number of carbonyl (C=O) groups is 3. The average molecular weight is 924 g/mol. The van der Waals surface area contributed by atoms with Crippen molar-refractivity contribution in [3.63, 3.8) is 0 Å². The molecule has 3 aliphatic heterocycles. The fraction of sp³-hybridized carbons (Fsp3) is 0.422. The summed E-state index contributed by atoms with van der Waals surface area (Å²) in [5.74, 6) is 0.547. The highest BCUT2D eigenvalue weighted by Gasteiger charge is 2.39. The van der Waals surface area contributed by atoms with Crippen LogP contribution in [0.2, 0.25) is 0 Å². The smallest absolute Gasteiger partial charge is 0.407 e. The van der Waals surface area contributed by atoms with Crippen molar-refractivity contribution in [1.29, 1.82) is 0 Å². The highest BCUT2D eigenvalue weighted by Crippen LogP contribution is 2.37. The lowest BCUT2D eigenvalue weighted by atomic mass is 9.96. The van der Waals surface area contributed by atoms with Gasteiger partial charge < -0.3 is 29.7 Å². The molecule has 0 unspecified atom stereocenters. The van der Waals surface area contributed by atoms with Gasteiger partial charge in [0.15, 0.2) is 0 Å². The number of aliphatic imine (C=N–C) groups is 2. The number of aromatic nitrogens is 2. The minimum atomic E-state index is -0.657. The fourth-order valence-corrected chi connectivity index (χ4v) is 8.34. The maximum absolute atomic E-state index is 13.6. The molecule has 0 bridgehead atoms. The number of nitrogens with zero attached hydrogens (tertiary/aromatic N) is 5. The second kappa shape index (κ2) is 23.3. The summed E-state index contributed by atoms with van der Waals surface area (Å²) in [7, 11) is 2.70. The highest BCUT2D eigenvalue weighted by molar-refractivity contribution is 7.59. The molecule has 0 aliphatic carbocycles. The van der Waals surface area contributed by atoms with Crippen molar-refractivity contribution in [2.45, 2.75) is 84.0 Å². The van der Waals surface area contributed by atoms with Crippen LogP contribution in [0.15, 0.2) is 82.9 Å². The van der Waals surface area contributed by atoms with Crippen molar-refractivity contribution >= 4 is 89.7 Å². The van der Waals surface area contributed by atoms with Crippen molar-refractivity contribution in [2.75, 3.05) is 27.3 Å². The number of likely N-dealkylation sites (tertiary alicyclic amines) is 2. The van der Waals surface area contributed by atoms with E-state index in [0.29, 0.717) is 19.5 Å². The summed E-state index contributed by atoms with van der Waals surface area (Å²) >= 11 is 0. The maximum Gasteiger partial charge on any atom is 0.407 e. The molecule has 4 atom stereocenters. The van der Waals surface area contributed by atoms with E-state index in [4.69, 9.17) is 19.6 Å². The zero-order valence-electron chi connectivity index (χ0n) is 36.1. The monoisotopic (exact) mass is 923 g/mol. The molecule has 3 amide bonds. The van der Waals surface area contributed by atoms with Gasteiger partial charge in [-0.05, 0) is 83.0 Å². The number of benzene rings is 3. The molecule has 2 fully saturated rings. The molecule has 4 heterocycles. The summed E-state index contributed by atoms with van der Waals surface area (Å²) in [5, 5.41) is 2.73. The van der Waals surface area contributed by atoms with Crippen LogP contribution in [0.4, 0.5) is 10.5 Å². The maximum atomic E-state index is 13.6. The number of rotatable bonds is 13. The Morgan fingerprint density at radius 3 is 1.92 bits per heavy atom. The van der Waals surface area contributed by atoms with Gasteiger partial charge in [-0.3, -0.25) is 14.6 Å². The number of nitrogens with one attached hydrogen (secondary N) is 2. The number of carbonyl (C=O) groups excluding carboxylic acids is 3. The number of amides is 3. The molecule has 62 heavy (non-hydrogen) atoms. The summed E-state index contributed by atoms with van der Waals surface area (Å²) in [6.07, 6.45) is 6.58. The van der Waals surface area contributed by atoms with E-state index < -0.39 is 18.2 Å². The Bertz CT molecular complexity index is 2180. The normalized spacial score (nSPS) is 17.6. The zero-order chi connectivity index (χ0) is 40.9. The SMILES string of the molecule is COOC=N[C@H](C(=O)N1CCC[C@H]1c1ncc(-c2ccc(-c3ccc(-c4ccc5c(c4)CC([C@@H]4CCCN4C(=O)[C@@H](NC(=O)OC)C(C)C)=N5)cc3)cc2)[nH]1)C(C)C.S.S.S.S. The van der Waals surface area contributed by atoms with Crippen LogP contribution in [0.1, 0.15) is 70.8 Å². The summed E-state index contributed by atoms with van der Waals surface area (Å²) in [5.41, 5.74) is 9.44. The van der Waals surface area contributed by atoms with Gasteiger partial charge in [0.2, 0.25) is 18.2 Å². The van der Waals surface area contributed by atoms with Crippen LogP contribution in [0.25, 0.3) is 33.5 Å². The molecule has 1 aromatic heterocycles. The molecule has 7 rings (SSSR count). The Balaban J connectivity index is 0.00000256. The molecule has 0 spiro atoms. The topological polar surface area (TPSA) is 151 Å². The van der Waals surface area contributed by atoms with E-state index in [1.165, 1.54) is 20.6 Å². The molecule has 2 saturated heterocycles. The zero-order valence-corrected chi connectivity index (χ0v) is 40.1. The van der Waals surface area contributed by atoms with Crippen LogP contribution >= 0.6 is 54.0 Å². The lowest BCUT2D eigenvalue weighted by molar-refractivity contribution is -0.188. The number of alkyl carbamates (subject to hydrolysis) is 1. The van der Waals surface area contributed by atoms with Gasteiger partial charge in [-0.25, -0.2) is 14.8 Å². The standard InChI is InChI=1S/C45H53N7O6.4H2S/c1-27(2)40(47-26-58-57-6)43(53)52-22-8-10-39(52)42-46-25-37(49-42)32-17-15-30(16-18-32)29-11-13-31(14-12-29)33-19-20-35-34(23-33)24-36(48-35)38-9-7-21-51(38)44(54)41(28(3)4)50-45(55)56-5;;;;/h11-20,23,25-28,38-41H,7-10,21-22,24H2,1-6H3,(H,46,49)(H,50,55);4*1H2/t38-,39-,40-,41-;;;;/m0..../s1. The molecule has 13 nitrogen and oxygen atoms in total. The van der Waals surface area contributed by atoms with Gasteiger partial charge >= 0.3 is 6.09 Å². The van der Waals surface area contributed by atoms with Gasteiger partial charge in [0, 0.05) is 25.2 Å². The first kappa shape index (κ1) is 51.9. The van der Waals surface area contributed by atoms with Crippen LogP contribution in [0.3, 0.4) is 0 Å². The first-order chi connectivity index (χ1) is 28.1. The summed E-state index contributed by atoms with van der Waals surface area (Å²) in [6, 6.07) is 21.9. The molecule has 3 aliphatic rings. The number of hydrogen-bond donors (Lipinski definition) is 2. The number of hydrogen-bond acceptors (Lipinski definition) is 9. The Morgan fingerprint density at radius 1 is 0.774 bits per heavy atom. The summed E-state index contributed by atoms with van der Waals surface area (Å²) < 4.78 is 4.79. The minimum absolute atomic E-state index is 0. The quantitative estimate of drug-likeness (QED) is 0.0595. The second-order valence-corrected chi connectivity index (χ2v) is 15.9. The van der Waals surface area contributed by atoms with Gasteiger partial charge in [-0.1, -0.05) is 82.3 Å². The van der Waals surface area contributed by atoms with Crippen molar-refractivity contribution < 1.29 is 28.9 Å². The highest BCUT2D eigenvalue weighted by atomic mass is 32.1. The average Bonchev–Trinajstić information content (AvgIpc) is 4.07. The predicted octanol–water partition coefficient (Wildman–Crippen LogP) is 8.16. The number of methoxy groups -OCH3 is 1. The fourth-order valence-electron chi connectivity index (χ4n) is 8.34. The Labute approximate surface area is 392 Å². The minimum Gasteiger partial charge on any atom is -0.453 e. The number of ether oxygens (including phenoxy) is 1. The van der Waals surface area contributed by atoms with Crippen LogP contribution in [-0.4, -0.2) is 95.2 Å². The molecule has 3 aromatic carbocycles. The number of H-pyrrole nitrogens is 1. The number of fused-ring (bicyclic) bond motifs is 1. The van der Waals surface area contributed by atoms with E-state index >= 15 is 0 Å². The lowest BCUT2D eigenvalue weighted by Gasteiger charge is -2.30. The van der Waals surface area contributed by atoms with Crippen molar-refractivity contribution in [3.05, 3.63) is 84.3 Å². The third-order valence-corrected chi connectivity index (χ3v) is 11.5. The molecule has 0 radical (unpaired) electrons. The van der Waals surface area contributed by atoms with Gasteiger partial charge in [0.25, 0.3) is 0 Å². The third-order valence-electron chi connectivity index (χ3n) is 11.5. The van der Waals surface area contributed by atoms with Gasteiger partial charge in [-0.2, -0.15) is 58.9 Å². The van der Waals surface area contributed by atoms with E-state index in [0.717, 1.165) is 82.0 Å². The van der Waals surface area contributed by atoms with Gasteiger partial charge in [0.05, 0.1) is 43.9 Å². The number of imidazole rings is 1. The second-order valence-electron chi connectivity index (χ2n) is 15.9. The molecule has 17 heteroatoms. The first-order valence-corrected chi connectivity index (χ1v) is 20.2. The van der Waals surface area contributed by atoms with E-state index in [1.54, 1.807) is 0 Å². The predicted molar refractivity (Wildman–Crippen MR) is 265 cm³/mol. The van der Waals surface area contributed by atoms with Crippen molar-refractivity contribution in [1.82, 2.24) is 25.1 Å². The van der Waals surface area contributed by atoms with Crippen LogP contribution < -0.4 is 5.32 Å². The van der Waals surface area contributed by atoms with Crippen molar-refractivity contribution in [2.24, 2.45) is 21.8 Å². The van der Waals surface area contributed by atoms with Crippen LogP contribution in [0.5, 0.6) is 0 Å². The summed E-state index contributed by atoms with van der Waals surface area (Å²) in [4.78, 5) is 69.9. The number of aromatic amines is 1. The molecular weight excluding hydrogens is 863 g/mol. The molecule has 4 aromatic rings. The Morgan fingerprint density at radius 2 is 1.34 bits per heavy atom. The van der Waals surface area contributed by atoms with Gasteiger partial charge in [0.1, 0.15) is 17.9 Å². The molecule has 2 N–H and O–H groups in total. The van der Waals surface area contributed by atoms with Crippen LogP contribution in [-0.2, 0) is 30.5 Å². The Kier molecular flexibility index (Phi) is 19.5. The molecular formula is C45H61N7O6S4. The van der Waals surface area contributed by atoms with E-state index in [1.807, 2.05) is 43.7 Å². The van der Waals surface area contributed by atoms with E-state index in [-0.39, 0.29) is 89.7 Å². The molecule has 0 saturated carbocycles. The Hall–Kier alpha value is -4.42. The van der Waals surface area contributed by atoms with Crippen molar-refractivity contribution in [3.8, 4) is 33.5 Å². The summed E-state index contributed by atoms with van der Waals surface area (Å²) in [6.45, 7) is 9.08. The third kappa shape index (κ3) is 11.4. The lowest BCUT2D eigenvalue weighted by Crippen LogP contribution is -2.53. The van der Waals surface area contributed by atoms with Gasteiger partial charge in [-0.15, -0.1) is 0 Å². The largest absolute Gasteiger partial charge is 0.453 e.